The fraction of sp³-hybridized carbons (Fsp3) is 0.462. The zero-order chi connectivity index (χ0) is 12.8. The molecule has 2 N–H and O–H groups in total. The van der Waals surface area contributed by atoms with Crippen LogP contribution in [-0.4, -0.2) is 19.1 Å². The molecule has 0 bridgehead atoms. The summed E-state index contributed by atoms with van der Waals surface area (Å²) in [5, 5.41) is 1.16. The van der Waals surface area contributed by atoms with Gasteiger partial charge in [0.15, 0.2) is 0 Å². The first-order valence-corrected chi connectivity index (χ1v) is 6.48. The van der Waals surface area contributed by atoms with E-state index in [0.717, 1.165) is 26.6 Å². The number of rotatable bonds is 1. The van der Waals surface area contributed by atoms with Crippen LogP contribution in [0.25, 0.3) is 10.2 Å². The molecule has 0 radical (unpaired) electrons. The lowest BCUT2D eigenvalue weighted by molar-refractivity contribution is 0.587. The van der Waals surface area contributed by atoms with Crippen LogP contribution in [-0.2, 0) is 5.41 Å². The van der Waals surface area contributed by atoms with Crippen molar-refractivity contribution in [2.45, 2.75) is 26.2 Å². The number of aromatic nitrogens is 1. The number of fused-ring (bicyclic) bond motifs is 1. The van der Waals surface area contributed by atoms with E-state index in [2.05, 4.69) is 26.8 Å². The van der Waals surface area contributed by atoms with Gasteiger partial charge in [-0.1, -0.05) is 20.8 Å². The smallest absolute Gasteiger partial charge is 0.0992 e. The van der Waals surface area contributed by atoms with E-state index in [-0.39, 0.29) is 5.41 Å². The first kappa shape index (κ1) is 12.2. The molecule has 0 amide bonds. The summed E-state index contributed by atoms with van der Waals surface area (Å²) in [7, 11) is 3.99. The van der Waals surface area contributed by atoms with Crippen molar-refractivity contribution in [1.29, 1.82) is 0 Å². The third-order valence-electron chi connectivity index (χ3n) is 2.66. The topological polar surface area (TPSA) is 42.2 Å². The van der Waals surface area contributed by atoms with E-state index in [9.17, 15) is 0 Å². The Morgan fingerprint density at radius 3 is 2.41 bits per heavy atom. The molecule has 0 unspecified atom stereocenters. The van der Waals surface area contributed by atoms with Crippen LogP contribution in [0.4, 0.5) is 11.4 Å². The van der Waals surface area contributed by atoms with E-state index >= 15 is 0 Å². The van der Waals surface area contributed by atoms with Crippen molar-refractivity contribution in [3.8, 4) is 0 Å². The summed E-state index contributed by atoms with van der Waals surface area (Å²) in [6.07, 6.45) is 0. The van der Waals surface area contributed by atoms with E-state index in [4.69, 9.17) is 10.7 Å². The molecule has 0 fully saturated rings. The van der Waals surface area contributed by atoms with Gasteiger partial charge in [0.25, 0.3) is 0 Å². The molecule has 0 spiro atoms. The summed E-state index contributed by atoms with van der Waals surface area (Å²) >= 11 is 1.73. The van der Waals surface area contributed by atoms with Gasteiger partial charge in [-0.15, -0.1) is 11.3 Å². The molecule has 0 saturated carbocycles. The second kappa shape index (κ2) is 3.88. The molecule has 0 saturated heterocycles. The Morgan fingerprint density at radius 2 is 1.88 bits per heavy atom. The molecule has 0 aliphatic rings. The number of thiazole rings is 1. The van der Waals surface area contributed by atoms with E-state index in [1.807, 2.05) is 25.1 Å². The van der Waals surface area contributed by atoms with Crippen LogP contribution in [0.5, 0.6) is 0 Å². The van der Waals surface area contributed by atoms with Gasteiger partial charge in [0.1, 0.15) is 0 Å². The van der Waals surface area contributed by atoms with Gasteiger partial charge in [-0.25, -0.2) is 4.98 Å². The van der Waals surface area contributed by atoms with Gasteiger partial charge in [-0.3, -0.25) is 0 Å². The number of nitrogens with zero attached hydrogens (tertiary/aromatic N) is 2. The maximum absolute atomic E-state index is 6.04. The lowest BCUT2D eigenvalue weighted by Crippen LogP contribution is -2.11. The lowest BCUT2D eigenvalue weighted by Gasteiger charge is -2.14. The van der Waals surface area contributed by atoms with E-state index in [1.165, 1.54) is 0 Å². The fourth-order valence-corrected chi connectivity index (χ4v) is 2.74. The average Bonchev–Trinajstić information content (AvgIpc) is 2.58. The Hall–Kier alpha value is -1.29. The van der Waals surface area contributed by atoms with Gasteiger partial charge in [0.05, 0.1) is 26.6 Å². The van der Waals surface area contributed by atoms with E-state index in [1.54, 1.807) is 11.3 Å². The molecule has 1 aromatic heterocycles. The zero-order valence-electron chi connectivity index (χ0n) is 11.0. The van der Waals surface area contributed by atoms with Crippen molar-refractivity contribution in [2.75, 3.05) is 24.7 Å². The maximum atomic E-state index is 6.04. The van der Waals surface area contributed by atoms with E-state index in [0.29, 0.717) is 0 Å². The van der Waals surface area contributed by atoms with Crippen LogP contribution >= 0.6 is 11.3 Å². The predicted molar refractivity (Wildman–Crippen MR) is 77.1 cm³/mol. The third-order valence-corrected chi connectivity index (χ3v) is 4.10. The van der Waals surface area contributed by atoms with Gasteiger partial charge >= 0.3 is 0 Å². The van der Waals surface area contributed by atoms with Crippen LogP contribution in [0.2, 0.25) is 0 Å². The number of nitrogen functional groups attached to an aromatic ring is 1. The SMILES string of the molecule is CN(C)c1cc2nc(C(C)(C)C)sc2cc1N. The Labute approximate surface area is 106 Å². The molecule has 1 aromatic carbocycles. The molecular weight excluding hydrogens is 230 g/mol. The lowest BCUT2D eigenvalue weighted by atomic mass is 9.98. The fourth-order valence-electron chi connectivity index (χ4n) is 1.69. The summed E-state index contributed by atoms with van der Waals surface area (Å²) in [5.41, 5.74) is 9.02. The molecule has 17 heavy (non-hydrogen) atoms. The Bertz CT molecular complexity index is 550. The van der Waals surface area contributed by atoms with Crippen LogP contribution in [0.1, 0.15) is 25.8 Å². The Balaban J connectivity index is 2.63. The van der Waals surface area contributed by atoms with Gasteiger partial charge in [0, 0.05) is 19.5 Å². The number of hydrogen-bond acceptors (Lipinski definition) is 4. The molecule has 0 atom stereocenters. The van der Waals surface area contributed by atoms with Gasteiger partial charge in [-0.2, -0.15) is 0 Å². The Kier molecular flexibility index (Phi) is 2.78. The van der Waals surface area contributed by atoms with Gasteiger partial charge in [0.2, 0.25) is 0 Å². The normalized spacial score (nSPS) is 12.1. The van der Waals surface area contributed by atoms with Crippen LogP contribution < -0.4 is 10.6 Å². The maximum Gasteiger partial charge on any atom is 0.0992 e. The van der Waals surface area contributed by atoms with Crippen LogP contribution in [0.15, 0.2) is 12.1 Å². The summed E-state index contributed by atoms with van der Waals surface area (Å²) in [6.45, 7) is 6.54. The highest BCUT2D eigenvalue weighted by Crippen LogP contribution is 2.35. The first-order chi connectivity index (χ1) is 7.79. The Morgan fingerprint density at radius 1 is 1.24 bits per heavy atom. The van der Waals surface area contributed by atoms with Gasteiger partial charge in [-0.05, 0) is 12.1 Å². The van der Waals surface area contributed by atoms with Crippen molar-refractivity contribution in [1.82, 2.24) is 4.98 Å². The molecule has 0 aliphatic heterocycles. The minimum atomic E-state index is 0.0940. The number of hydrogen-bond donors (Lipinski definition) is 1. The predicted octanol–water partition coefficient (Wildman–Crippen LogP) is 3.24. The molecular formula is C13H19N3S. The van der Waals surface area contributed by atoms with Crippen molar-refractivity contribution >= 4 is 32.9 Å². The highest BCUT2D eigenvalue weighted by molar-refractivity contribution is 7.18. The van der Waals surface area contributed by atoms with Crippen LogP contribution in [0, 0.1) is 0 Å². The molecule has 2 rings (SSSR count). The summed E-state index contributed by atoms with van der Waals surface area (Å²) in [4.78, 5) is 6.72. The second-order valence-electron chi connectivity index (χ2n) is 5.54. The highest BCUT2D eigenvalue weighted by atomic mass is 32.1. The highest BCUT2D eigenvalue weighted by Gasteiger charge is 2.19. The van der Waals surface area contributed by atoms with Crippen molar-refractivity contribution in [2.24, 2.45) is 0 Å². The standard InChI is InChI=1S/C13H19N3S/c1-13(2,3)12-15-9-7-10(16(4)5)8(14)6-11(9)17-12/h6-7H,14H2,1-5H3. The van der Waals surface area contributed by atoms with Crippen molar-refractivity contribution in [3.63, 3.8) is 0 Å². The number of benzene rings is 1. The first-order valence-electron chi connectivity index (χ1n) is 5.67. The summed E-state index contributed by atoms with van der Waals surface area (Å²) in [6, 6.07) is 4.09. The number of nitrogens with two attached hydrogens (primary N) is 1. The summed E-state index contributed by atoms with van der Waals surface area (Å²) in [5.74, 6) is 0. The van der Waals surface area contributed by atoms with Gasteiger partial charge < -0.3 is 10.6 Å². The third kappa shape index (κ3) is 2.22. The second-order valence-corrected chi connectivity index (χ2v) is 6.57. The molecule has 2 aromatic rings. The molecule has 4 heteroatoms. The van der Waals surface area contributed by atoms with Crippen molar-refractivity contribution in [3.05, 3.63) is 17.1 Å². The molecule has 92 valence electrons. The molecule has 3 nitrogen and oxygen atoms in total. The average molecular weight is 249 g/mol. The van der Waals surface area contributed by atoms with Crippen LogP contribution in [0.3, 0.4) is 0 Å². The van der Waals surface area contributed by atoms with E-state index < -0.39 is 0 Å². The minimum absolute atomic E-state index is 0.0940. The minimum Gasteiger partial charge on any atom is -0.397 e. The quantitative estimate of drug-likeness (QED) is 0.789. The molecule has 0 aliphatic carbocycles. The van der Waals surface area contributed by atoms with Crippen molar-refractivity contribution < 1.29 is 0 Å². The molecule has 1 heterocycles. The largest absolute Gasteiger partial charge is 0.397 e. The summed E-state index contributed by atoms with van der Waals surface area (Å²) < 4.78 is 1.16. The zero-order valence-corrected chi connectivity index (χ0v) is 11.9. The number of anilines is 2. The monoisotopic (exact) mass is 249 g/mol.